The highest BCUT2D eigenvalue weighted by molar-refractivity contribution is 6.00. The van der Waals surface area contributed by atoms with Gasteiger partial charge in [-0.15, -0.1) is 0 Å². The third-order valence-corrected chi connectivity index (χ3v) is 2.72. The second-order valence-electron chi connectivity index (χ2n) is 3.78. The molecule has 0 amide bonds. The minimum Gasteiger partial charge on any atom is -0.374 e. The molecular formula is C11H15NO2. The smallest absolute Gasteiger partial charge is 0.178 e. The largest absolute Gasteiger partial charge is 0.374 e. The molecule has 0 radical (unpaired) electrons. The van der Waals surface area contributed by atoms with Crippen LogP contribution < -0.4 is 5.32 Å². The molecule has 2 unspecified atom stereocenters. The third kappa shape index (κ3) is 1.94. The lowest BCUT2D eigenvalue weighted by molar-refractivity contribution is -0.110. The van der Waals surface area contributed by atoms with Gasteiger partial charge in [0.1, 0.15) is 0 Å². The lowest BCUT2D eigenvalue weighted by Gasteiger charge is -2.34. The molecule has 3 nitrogen and oxygen atoms in total. The maximum absolute atomic E-state index is 10.9. The van der Waals surface area contributed by atoms with E-state index in [0.717, 1.165) is 13.2 Å². The minimum atomic E-state index is 0.0673. The quantitative estimate of drug-likeness (QED) is 0.665. The molecule has 0 saturated carbocycles. The zero-order valence-electron chi connectivity index (χ0n) is 8.27. The number of ketones is 1. The first-order valence-electron chi connectivity index (χ1n) is 5.03. The third-order valence-electron chi connectivity index (χ3n) is 2.72. The van der Waals surface area contributed by atoms with Crippen LogP contribution in [0.2, 0.25) is 0 Å². The number of morpholine rings is 1. The second kappa shape index (κ2) is 4.07. The van der Waals surface area contributed by atoms with Gasteiger partial charge < -0.3 is 10.1 Å². The van der Waals surface area contributed by atoms with Gasteiger partial charge in [0.25, 0.3) is 0 Å². The number of nitrogens with one attached hydrogen (secondary N) is 1. The summed E-state index contributed by atoms with van der Waals surface area (Å²) in [5.41, 5.74) is 0. The standard InChI is InChI=1S/C11H15NO2/c1-8-11(14-7-6-12-8)9-2-4-10(13)5-3-9/h2-5,8-9,11-12H,6-7H2,1H3. The number of carbonyl (C=O) groups excluding carboxylic acids is 1. The Morgan fingerprint density at radius 2 is 2.14 bits per heavy atom. The van der Waals surface area contributed by atoms with Crippen LogP contribution in [0.15, 0.2) is 24.3 Å². The number of hydrogen-bond acceptors (Lipinski definition) is 3. The van der Waals surface area contributed by atoms with Crippen molar-refractivity contribution < 1.29 is 9.53 Å². The van der Waals surface area contributed by atoms with Crippen LogP contribution in [-0.2, 0) is 9.53 Å². The van der Waals surface area contributed by atoms with Crippen LogP contribution in [0.4, 0.5) is 0 Å². The summed E-state index contributed by atoms with van der Waals surface area (Å²) < 4.78 is 5.69. The van der Waals surface area contributed by atoms with Crippen LogP contribution in [0.25, 0.3) is 0 Å². The van der Waals surface area contributed by atoms with E-state index >= 15 is 0 Å². The van der Waals surface area contributed by atoms with Crippen molar-refractivity contribution in [2.24, 2.45) is 5.92 Å². The lowest BCUT2D eigenvalue weighted by Crippen LogP contribution is -2.49. The summed E-state index contributed by atoms with van der Waals surface area (Å²) >= 11 is 0. The van der Waals surface area contributed by atoms with E-state index in [0.29, 0.717) is 6.04 Å². The topological polar surface area (TPSA) is 38.3 Å². The first-order chi connectivity index (χ1) is 6.77. The number of carbonyl (C=O) groups is 1. The van der Waals surface area contributed by atoms with Crippen molar-refractivity contribution in [2.45, 2.75) is 19.1 Å². The Balaban J connectivity index is 2.04. The lowest BCUT2D eigenvalue weighted by atomic mass is 9.92. The highest BCUT2D eigenvalue weighted by atomic mass is 16.5. The highest BCUT2D eigenvalue weighted by Gasteiger charge is 2.27. The SMILES string of the molecule is CC1NCCOC1C1C=CC(=O)C=C1. The molecule has 1 aliphatic heterocycles. The predicted molar refractivity (Wildman–Crippen MR) is 54.0 cm³/mol. The Labute approximate surface area is 83.8 Å². The zero-order valence-corrected chi connectivity index (χ0v) is 8.27. The molecule has 0 aromatic carbocycles. The predicted octanol–water partition coefficient (Wildman–Crippen LogP) is 0.675. The van der Waals surface area contributed by atoms with Crippen molar-refractivity contribution in [3.05, 3.63) is 24.3 Å². The minimum absolute atomic E-state index is 0.0673. The summed E-state index contributed by atoms with van der Waals surface area (Å²) in [6, 6.07) is 0.344. The van der Waals surface area contributed by atoms with Crippen LogP contribution in [0, 0.1) is 5.92 Å². The maximum atomic E-state index is 10.9. The van der Waals surface area contributed by atoms with E-state index < -0.39 is 0 Å². The fraction of sp³-hybridized carbons (Fsp3) is 0.545. The Bertz CT molecular complexity index is 267. The molecule has 1 N–H and O–H groups in total. The zero-order chi connectivity index (χ0) is 9.97. The first kappa shape index (κ1) is 9.62. The van der Waals surface area contributed by atoms with Crippen LogP contribution in [0.1, 0.15) is 6.92 Å². The molecule has 0 aromatic rings. The van der Waals surface area contributed by atoms with Gasteiger partial charge in [-0.2, -0.15) is 0 Å². The summed E-state index contributed by atoms with van der Waals surface area (Å²) in [6.07, 6.45) is 7.25. The molecule has 1 fully saturated rings. The van der Waals surface area contributed by atoms with Crippen molar-refractivity contribution in [3.63, 3.8) is 0 Å². The van der Waals surface area contributed by atoms with E-state index in [1.165, 1.54) is 0 Å². The number of ether oxygens (including phenoxy) is 1. The number of allylic oxidation sites excluding steroid dienone is 2. The molecule has 0 aromatic heterocycles. The van der Waals surface area contributed by atoms with Gasteiger partial charge in [0.05, 0.1) is 12.7 Å². The summed E-state index contributed by atoms with van der Waals surface area (Å²) in [5.74, 6) is 0.299. The number of hydrogen-bond donors (Lipinski definition) is 1. The van der Waals surface area contributed by atoms with E-state index in [1.807, 2.05) is 12.2 Å². The fourth-order valence-electron chi connectivity index (χ4n) is 1.94. The summed E-state index contributed by atoms with van der Waals surface area (Å²) in [6.45, 7) is 3.78. The fourth-order valence-corrected chi connectivity index (χ4v) is 1.94. The molecule has 1 heterocycles. The van der Waals surface area contributed by atoms with Crippen LogP contribution in [0.3, 0.4) is 0 Å². The molecule has 2 aliphatic rings. The molecule has 1 aliphatic carbocycles. The molecule has 14 heavy (non-hydrogen) atoms. The molecular weight excluding hydrogens is 178 g/mol. The van der Waals surface area contributed by atoms with Gasteiger partial charge in [0.2, 0.25) is 0 Å². The van der Waals surface area contributed by atoms with Gasteiger partial charge in [-0.05, 0) is 19.1 Å². The highest BCUT2D eigenvalue weighted by Crippen LogP contribution is 2.20. The summed E-state index contributed by atoms with van der Waals surface area (Å²) in [4.78, 5) is 10.9. The second-order valence-corrected chi connectivity index (χ2v) is 3.78. The molecule has 2 rings (SSSR count). The Kier molecular flexibility index (Phi) is 2.79. The monoisotopic (exact) mass is 193 g/mol. The van der Waals surface area contributed by atoms with Gasteiger partial charge in [0.15, 0.2) is 5.78 Å². The van der Waals surface area contributed by atoms with Crippen molar-refractivity contribution in [3.8, 4) is 0 Å². The first-order valence-corrected chi connectivity index (χ1v) is 5.03. The molecule has 76 valence electrons. The Hall–Kier alpha value is -0.930. The summed E-state index contributed by atoms with van der Waals surface area (Å²) in [5, 5.41) is 3.36. The number of rotatable bonds is 1. The van der Waals surface area contributed by atoms with Crippen molar-refractivity contribution in [2.75, 3.05) is 13.2 Å². The van der Waals surface area contributed by atoms with E-state index in [1.54, 1.807) is 12.2 Å². The van der Waals surface area contributed by atoms with Gasteiger partial charge >= 0.3 is 0 Å². The normalized spacial score (nSPS) is 33.6. The maximum Gasteiger partial charge on any atom is 0.178 e. The van der Waals surface area contributed by atoms with Gasteiger partial charge in [-0.1, -0.05) is 12.2 Å². The van der Waals surface area contributed by atoms with Gasteiger partial charge in [0, 0.05) is 18.5 Å². The Morgan fingerprint density at radius 1 is 1.43 bits per heavy atom. The van der Waals surface area contributed by atoms with E-state index in [-0.39, 0.29) is 17.8 Å². The Morgan fingerprint density at radius 3 is 2.79 bits per heavy atom. The van der Waals surface area contributed by atoms with Crippen LogP contribution in [0.5, 0.6) is 0 Å². The summed E-state index contributed by atoms with van der Waals surface area (Å²) in [7, 11) is 0. The molecule has 3 heteroatoms. The van der Waals surface area contributed by atoms with E-state index in [9.17, 15) is 4.79 Å². The van der Waals surface area contributed by atoms with Crippen LogP contribution in [-0.4, -0.2) is 31.1 Å². The van der Waals surface area contributed by atoms with Crippen molar-refractivity contribution in [1.82, 2.24) is 5.32 Å². The van der Waals surface area contributed by atoms with Gasteiger partial charge in [-0.3, -0.25) is 4.79 Å². The van der Waals surface area contributed by atoms with Crippen molar-refractivity contribution >= 4 is 5.78 Å². The van der Waals surface area contributed by atoms with E-state index in [2.05, 4.69) is 12.2 Å². The van der Waals surface area contributed by atoms with E-state index in [4.69, 9.17) is 4.74 Å². The average molecular weight is 193 g/mol. The molecule has 1 saturated heterocycles. The average Bonchev–Trinajstić information content (AvgIpc) is 2.20. The van der Waals surface area contributed by atoms with Gasteiger partial charge in [-0.25, -0.2) is 0 Å². The van der Waals surface area contributed by atoms with Crippen molar-refractivity contribution in [1.29, 1.82) is 0 Å². The van der Waals surface area contributed by atoms with Crippen LogP contribution >= 0.6 is 0 Å². The molecule has 0 spiro atoms. The molecule has 2 atom stereocenters. The molecule has 0 bridgehead atoms.